The van der Waals surface area contributed by atoms with Gasteiger partial charge in [-0.3, -0.25) is 4.79 Å². The molecule has 108 valence electrons. The Bertz CT molecular complexity index is 361. The molecule has 0 radical (unpaired) electrons. The van der Waals surface area contributed by atoms with Crippen molar-refractivity contribution in [3.63, 3.8) is 0 Å². The molecule has 7 heteroatoms. The predicted molar refractivity (Wildman–Crippen MR) is 74.4 cm³/mol. The molecule has 2 aliphatic heterocycles. The van der Waals surface area contributed by atoms with E-state index >= 15 is 0 Å². The fourth-order valence-corrected chi connectivity index (χ4v) is 3.56. The van der Waals surface area contributed by atoms with Gasteiger partial charge in [0.05, 0.1) is 4.75 Å². The summed E-state index contributed by atoms with van der Waals surface area (Å²) < 4.78 is 5.08. The van der Waals surface area contributed by atoms with Crippen molar-refractivity contribution in [2.24, 2.45) is 10.9 Å². The minimum Gasteiger partial charge on any atom is -0.409 e. The van der Waals surface area contributed by atoms with Crippen LogP contribution < -0.4 is 5.73 Å². The second-order valence-electron chi connectivity index (χ2n) is 5.01. The van der Waals surface area contributed by atoms with Crippen LogP contribution in [0, 0.1) is 0 Å². The number of ether oxygens (including phenoxy) is 1. The van der Waals surface area contributed by atoms with Crippen molar-refractivity contribution < 1.29 is 14.7 Å². The molecule has 2 heterocycles. The first kappa shape index (κ1) is 14.5. The van der Waals surface area contributed by atoms with E-state index in [1.54, 1.807) is 11.8 Å². The monoisotopic (exact) mass is 287 g/mol. The molecule has 0 aliphatic carbocycles. The van der Waals surface area contributed by atoms with Gasteiger partial charge in [-0.15, -0.1) is 0 Å². The van der Waals surface area contributed by atoms with Crippen molar-refractivity contribution in [3.8, 4) is 0 Å². The lowest BCUT2D eigenvalue weighted by atomic mass is 9.94. The molecule has 0 spiro atoms. The average Bonchev–Trinajstić information content (AvgIpc) is 3.00. The average molecular weight is 287 g/mol. The molecule has 19 heavy (non-hydrogen) atoms. The third-order valence-corrected chi connectivity index (χ3v) is 5.45. The zero-order valence-electron chi connectivity index (χ0n) is 11.2. The van der Waals surface area contributed by atoms with E-state index in [1.165, 1.54) is 0 Å². The summed E-state index contributed by atoms with van der Waals surface area (Å²) in [5, 5.41) is 12.0. The maximum Gasteiger partial charge on any atom is 0.251 e. The number of hydrogen-bond donors (Lipinski definition) is 2. The number of carbonyl (C=O) groups excluding carboxylic acids is 1. The van der Waals surface area contributed by atoms with Crippen LogP contribution in [-0.2, 0) is 9.53 Å². The molecule has 0 aromatic carbocycles. The Morgan fingerprint density at radius 2 is 2.21 bits per heavy atom. The minimum absolute atomic E-state index is 0.0895. The van der Waals surface area contributed by atoms with Gasteiger partial charge in [0, 0.05) is 19.7 Å². The van der Waals surface area contributed by atoms with E-state index in [9.17, 15) is 4.79 Å². The molecule has 0 aromatic heterocycles. The number of oxime groups is 1. The Kier molecular flexibility index (Phi) is 4.57. The number of thioether (sulfide) groups is 1. The lowest BCUT2D eigenvalue weighted by molar-refractivity contribution is -0.141. The van der Waals surface area contributed by atoms with Crippen LogP contribution >= 0.6 is 11.8 Å². The summed E-state index contributed by atoms with van der Waals surface area (Å²) in [5.74, 6) is 0.343. The Labute approximate surface area is 117 Å². The van der Waals surface area contributed by atoms with Crippen LogP contribution in [0.25, 0.3) is 0 Å². The van der Waals surface area contributed by atoms with Gasteiger partial charge in [0.1, 0.15) is 6.10 Å². The first-order chi connectivity index (χ1) is 9.13. The second-order valence-corrected chi connectivity index (χ2v) is 6.20. The number of nitrogens with two attached hydrogens (primary N) is 1. The van der Waals surface area contributed by atoms with E-state index in [4.69, 9.17) is 15.7 Å². The van der Waals surface area contributed by atoms with Crippen LogP contribution in [0.2, 0.25) is 0 Å². The molecule has 2 fully saturated rings. The van der Waals surface area contributed by atoms with Gasteiger partial charge in [-0.1, -0.05) is 5.16 Å². The zero-order valence-corrected chi connectivity index (χ0v) is 12.0. The fourth-order valence-electron chi connectivity index (χ4n) is 2.72. The van der Waals surface area contributed by atoms with Crippen LogP contribution in [-0.4, -0.2) is 58.7 Å². The molecule has 0 bridgehead atoms. The molecule has 0 saturated carbocycles. The van der Waals surface area contributed by atoms with E-state index in [0.717, 1.165) is 12.8 Å². The first-order valence-corrected chi connectivity index (χ1v) is 7.79. The van der Waals surface area contributed by atoms with Crippen LogP contribution in [0.4, 0.5) is 0 Å². The second kappa shape index (κ2) is 6.00. The van der Waals surface area contributed by atoms with Crippen molar-refractivity contribution in [2.75, 3.05) is 26.0 Å². The highest BCUT2D eigenvalue weighted by Crippen LogP contribution is 2.35. The molecule has 1 unspecified atom stereocenters. The minimum atomic E-state index is -0.345. The van der Waals surface area contributed by atoms with Crippen molar-refractivity contribution >= 4 is 23.5 Å². The first-order valence-electron chi connectivity index (χ1n) is 6.56. The molecule has 6 nitrogen and oxygen atoms in total. The normalized spacial score (nSPS) is 27.5. The standard InChI is InChI=1S/C12H21N3O3S/c1-19-12(11(13)14-17)4-6-15(7-5-12)10(16)9-3-2-8-18-9/h9,17H,2-8H2,1H3,(H2,13,14). The fraction of sp³-hybridized carbons (Fsp3) is 0.833. The Hall–Kier alpha value is -0.950. The van der Waals surface area contributed by atoms with Crippen LogP contribution in [0.3, 0.4) is 0 Å². The molecular formula is C12H21N3O3S. The van der Waals surface area contributed by atoms with Gasteiger partial charge in [0.2, 0.25) is 0 Å². The number of carbonyl (C=O) groups is 1. The molecule has 0 aromatic rings. The number of rotatable bonds is 3. The van der Waals surface area contributed by atoms with Crippen LogP contribution in [0.15, 0.2) is 5.16 Å². The Balaban J connectivity index is 1.96. The SMILES string of the molecule is CSC1(C(N)=NO)CCN(C(=O)C2CCCO2)CC1. The van der Waals surface area contributed by atoms with Crippen molar-refractivity contribution in [1.29, 1.82) is 0 Å². The summed E-state index contributed by atoms with van der Waals surface area (Å²) >= 11 is 1.59. The number of piperidine rings is 1. The predicted octanol–water partition coefficient (Wildman–Crippen LogP) is 0.636. The van der Waals surface area contributed by atoms with Gasteiger partial charge in [-0.2, -0.15) is 11.8 Å². The maximum atomic E-state index is 12.2. The quantitative estimate of drug-likeness (QED) is 0.344. The van der Waals surface area contributed by atoms with Gasteiger partial charge >= 0.3 is 0 Å². The van der Waals surface area contributed by atoms with Gasteiger partial charge in [-0.25, -0.2) is 0 Å². The Morgan fingerprint density at radius 3 is 2.68 bits per heavy atom. The van der Waals surface area contributed by atoms with Crippen LogP contribution in [0.5, 0.6) is 0 Å². The van der Waals surface area contributed by atoms with Crippen molar-refractivity contribution in [2.45, 2.75) is 36.5 Å². The molecule has 1 amide bonds. The van der Waals surface area contributed by atoms with Gasteiger partial charge in [-0.05, 0) is 31.9 Å². The number of hydrogen-bond acceptors (Lipinski definition) is 5. The number of amides is 1. The third-order valence-electron chi connectivity index (χ3n) is 4.05. The molecule has 3 N–H and O–H groups in total. The number of likely N-dealkylation sites (tertiary alicyclic amines) is 1. The highest BCUT2D eigenvalue weighted by molar-refractivity contribution is 8.00. The van der Waals surface area contributed by atoms with Gasteiger partial charge < -0.3 is 20.6 Å². The largest absolute Gasteiger partial charge is 0.409 e. The van der Waals surface area contributed by atoms with E-state index in [0.29, 0.717) is 32.5 Å². The smallest absolute Gasteiger partial charge is 0.251 e. The summed E-state index contributed by atoms with van der Waals surface area (Å²) in [6.07, 6.45) is 4.90. The third kappa shape index (κ3) is 2.81. The number of amidine groups is 1. The van der Waals surface area contributed by atoms with Crippen molar-refractivity contribution in [3.05, 3.63) is 0 Å². The molecule has 2 saturated heterocycles. The topological polar surface area (TPSA) is 88.2 Å². The summed E-state index contributed by atoms with van der Waals surface area (Å²) in [4.78, 5) is 14.1. The molecule has 2 aliphatic rings. The summed E-state index contributed by atoms with van der Waals surface area (Å²) in [6.45, 7) is 1.95. The van der Waals surface area contributed by atoms with Crippen molar-refractivity contribution in [1.82, 2.24) is 4.90 Å². The molecule has 2 rings (SSSR count). The molecular weight excluding hydrogens is 266 g/mol. The summed E-state index contributed by atoms with van der Waals surface area (Å²) in [5.41, 5.74) is 5.79. The van der Waals surface area contributed by atoms with Gasteiger partial charge in [0.25, 0.3) is 5.91 Å². The maximum absolute atomic E-state index is 12.2. The zero-order chi connectivity index (χ0) is 13.9. The summed E-state index contributed by atoms with van der Waals surface area (Å²) in [6, 6.07) is 0. The lowest BCUT2D eigenvalue weighted by Crippen LogP contribution is -2.53. The Morgan fingerprint density at radius 1 is 1.53 bits per heavy atom. The van der Waals surface area contributed by atoms with Crippen LogP contribution in [0.1, 0.15) is 25.7 Å². The van der Waals surface area contributed by atoms with E-state index in [-0.39, 0.29) is 22.6 Å². The van der Waals surface area contributed by atoms with E-state index in [1.807, 2.05) is 11.2 Å². The highest BCUT2D eigenvalue weighted by Gasteiger charge is 2.40. The number of nitrogens with zero attached hydrogens (tertiary/aromatic N) is 2. The lowest BCUT2D eigenvalue weighted by Gasteiger charge is -2.40. The van der Waals surface area contributed by atoms with E-state index < -0.39 is 0 Å². The highest BCUT2D eigenvalue weighted by atomic mass is 32.2. The molecule has 1 atom stereocenters. The van der Waals surface area contributed by atoms with E-state index in [2.05, 4.69) is 5.16 Å². The van der Waals surface area contributed by atoms with Gasteiger partial charge in [0.15, 0.2) is 5.84 Å². The summed E-state index contributed by atoms with van der Waals surface area (Å²) in [7, 11) is 0.